The van der Waals surface area contributed by atoms with Gasteiger partial charge in [0.2, 0.25) is 11.9 Å². The third-order valence-electron chi connectivity index (χ3n) is 3.77. The largest absolute Gasteiger partial charge is 0.405 e. The number of anilines is 1. The molecule has 2 N–H and O–H groups in total. The van der Waals surface area contributed by atoms with E-state index in [0.717, 1.165) is 6.07 Å². The Balaban J connectivity index is 0.00000300. The van der Waals surface area contributed by atoms with Crippen LogP contribution in [-0.4, -0.2) is 28.1 Å². The van der Waals surface area contributed by atoms with E-state index in [2.05, 4.69) is 10.3 Å². The van der Waals surface area contributed by atoms with Gasteiger partial charge in [0.15, 0.2) is 5.82 Å². The zero-order chi connectivity index (χ0) is 20.6. The molecule has 0 spiro atoms. The number of imidazole rings is 1. The van der Waals surface area contributed by atoms with Crippen molar-refractivity contribution in [1.29, 1.82) is 0 Å². The highest BCUT2D eigenvalue weighted by Gasteiger charge is 2.27. The average Bonchev–Trinajstić information content (AvgIpc) is 2.93. The number of aromatic nitrogens is 2. The Morgan fingerprint density at radius 3 is 2.52 bits per heavy atom. The molecular formula is C17H13ClF6N4O. The number of urea groups is 1. The summed E-state index contributed by atoms with van der Waals surface area (Å²) in [6, 6.07) is 5.26. The smallest absolute Gasteiger partial charge is 0.329 e. The minimum atomic E-state index is -4.58. The number of pyridine rings is 1. The Bertz CT molecular complexity index is 1070. The molecular weight excluding hydrogens is 426 g/mol. The summed E-state index contributed by atoms with van der Waals surface area (Å²) in [6.07, 6.45) is -4.58. The van der Waals surface area contributed by atoms with Crippen molar-refractivity contribution in [3.8, 4) is 11.3 Å². The molecule has 2 amide bonds. The third-order valence-corrected chi connectivity index (χ3v) is 3.77. The number of alkyl halides is 3. The highest BCUT2D eigenvalue weighted by atomic mass is 35.5. The fourth-order valence-corrected chi connectivity index (χ4v) is 2.57. The number of rotatable bonds is 3. The van der Waals surface area contributed by atoms with Gasteiger partial charge in [-0.15, -0.1) is 12.4 Å². The SMILES string of the molecule is Cc1cc2nc(F)c(-c3cccc(NC(=O)NCC(F)(F)F)c3)n2c(F)c1F.Cl. The molecule has 0 aliphatic rings. The third kappa shape index (κ3) is 4.73. The number of benzene rings is 1. The van der Waals surface area contributed by atoms with Gasteiger partial charge in [0.05, 0.1) is 0 Å². The zero-order valence-electron chi connectivity index (χ0n) is 14.6. The number of carbonyl (C=O) groups excluding carboxylic acids is 1. The quantitative estimate of drug-likeness (QED) is 0.454. The number of carbonyl (C=O) groups is 1. The summed E-state index contributed by atoms with van der Waals surface area (Å²) in [4.78, 5) is 15.1. The molecule has 1 aromatic carbocycles. The Morgan fingerprint density at radius 2 is 1.86 bits per heavy atom. The van der Waals surface area contributed by atoms with Crippen LogP contribution < -0.4 is 10.6 Å². The molecule has 0 saturated heterocycles. The predicted octanol–water partition coefficient (Wildman–Crippen LogP) is 4.83. The van der Waals surface area contributed by atoms with Crippen molar-refractivity contribution in [2.45, 2.75) is 13.1 Å². The summed E-state index contributed by atoms with van der Waals surface area (Å²) in [5.74, 6) is -3.60. The number of hydrogen-bond acceptors (Lipinski definition) is 2. The van der Waals surface area contributed by atoms with Crippen molar-refractivity contribution < 1.29 is 31.1 Å². The molecule has 0 unspecified atom stereocenters. The normalized spacial score (nSPS) is 11.3. The first-order chi connectivity index (χ1) is 13.1. The molecule has 5 nitrogen and oxygen atoms in total. The minimum absolute atomic E-state index is 0. The van der Waals surface area contributed by atoms with E-state index in [0.29, 0.717) is 4.40 Å². The fourth-order valence-electron chi connectivity index (χ4n) is 2.57. The van der Waals surface area contributed by atoms with E-state index in [-0.39, 0.29) is 34.9 Å². The van der Waals surface area contributed by atoms with Crippen molar-refractivity contribution in [3.05, 3.63) is 53.6 Å². The number of fused-ring (bicyclic) bond motifs is 1. The van der Waals surface area contributed by atoms with Crippen LogP contribution in [0.1, 0.15) is 5.56 Å². The molecule has 0 radical (unpaired) electrons. The van der Waals surface area contributed by atoms with E-state index in [1.54, 1.807) is 5.32 Å². The van der Waals surface area contributed by atoms with Gasteiger partial charge in [-0.25, -0.2) is 9.18 Å². The topological polar surface area (TPSA) is 58.4 Å². The van der Waals surface area contributed by atoms with Gasteiger partial charge in [-0.2, -0.15) is 26.9 Å². The maximum Gasteiger partial charge on any atom is 0.405 e. The molecule has 12 heteroatoms. The van der Waals surface area contributed by atoms with E-state index in [9.17, 15) is 31.1 Å². The molecule has 2 heterocycles. The molecule has 0 saturated carbocycles. The van der Waals surface area contributed by atoms with Crippen LogP contribution in [0.4, 0.5) is 36.8 Å². The molecule has 29 heavy (non-hydrogen) atoms. The molecule has 0 atom stereocenters. The Labute approximate surface area is 166 Å². The molecule has 156 valence electrons. The van der Waals surface area contributed by atoms with Crippen LogP contribution in [0, 0.1) is 24.6 Å². The van der Waals surface area contributed by atoms with E-state index >= 15 is 0 Å². The molecule has 3 rings (SSSR count). The second-order valence-electron chi connectivity index (χ2n) is 5.88. The molecule has 3 aromatic rings. The van der Waals surface area contributed by atoms with E-state index < -0.39 is 42.2 Å². The average molecular weight is 439 g/mol. The van der Waals surface area contributed by atoms with Crippen LogP contribution in [0.3, 0.4) is 0 Å². The standard InChI is InChI=1S/C17H12F6N4O.ClH/c1-8-5-11-26-14(19)13(27(11)15(20)12(8)18)9-3-2-4-10(6-9)25-16(28)24-7-17(21,22)23;/h2-6H,7H2,1H3,(H2,24,25,28);1H. The zero-order valence-corrected chi connectivity index (χ0v) is 15.4. The van der Waals surface area contributed by atoms with E-state index in [1.165, 1.54) is 31.2 Å². The van der Waals surface area contributed by atoms with Gasteiger partial charge >= 0.3 is 12.2 Å². The van der Waals surface area contributed by atoms with Crippen LogP contribution in [-0.2, 0) is 0 Å². The minimum Gasteiger partial charge on any atom is -0.329 e. The number of amides is 2. The lowest BCUT2D eigenvalue weighted by Crippen LogP contribution is -2.36. The van der Waals surface area contributed by atoms with Gasteiger partial charge in [-0.3, -0.25) is 4.40 Å². The van der Waals surface area contributed by atoms with Crippen LogP contribution in [0.15, 0.2) is 30.3 Å². The summed E-state index contributed by atoms with van der Waals surface area (Å²) in [7, 11) is 0. The lowest BCUT2D eigenvalue weighted by Gasteiger charge is -2.11. The first-order valence-corrected chi connectivity index (χ1v) is 7.81. The lowest BCUT2D eigenvalue weighted by atomic mass is 10.1. The Morgan fingerprint density at radius 1 is 1.17 bits per heavy atom. The van der Waals surface area contributed by atoms with Crippen molar-refractivity contribution in [2.24, 2.45) is 0 Å². The molecule has 0 aliphatic carbocycles. The van der Waals surface area contributed by atoms with Gasteiger partial charge in [0.25, 0.3) is 0 Å². The van der Waals surface area contributed by atoms with Crippen LogP contribution in [0.5, 0.6) is 0 Å². The van der Waals surface area contributed by atoms with Gasteiger partial charge in [-0.1, -0.05) is 12.1 Å². The summed E-state index contributed by atoms with van der Waals surface area (Å²) in [6.45, 7) is -0.237. The van der Waals surface area contributed by atoms with Crippen LogP contribution >= 0.6 is 12.4 Å². The molecule has 2 aromatic heterocycles. The highest BCUT2D eigenvalue weighted by molar-refractivity contribution is 5.90. The highest BCUT2D eigenvalue weighted by Crippen LogP contribution is 2.29. The number of aryl methyl sites for hydroxylation is 1. The molecule has 0 bridgehead atoms. The number of nitrogens with zero attached hydrogens (tertiary/aromatic N) is 2. The summed E-state index contributed by atoms with van der Waals surface area (Å²) in [5, 5.41) is 3.76. The van der Waals surface area contributed by atoms with Gasteiger partial charge in [-0.05, 0) is 30.7 Å². The van der Waals surface area contributed by atoms with Gasteiger partial charge in [0, 0.05) is 11.3 Å². The molecule has 0 aliphatic heterocycles. The predicted molar refractivity (Wildman–Crippen MR) is 95.6 cm³/mol. The van der Waals surface area contributed by atoms with Gasteiger partial charge < -0.3 is 10.6 Å². The number of hydrogen-bond donors (Lipinski definition) is 2. The number of halogens is 7. The Hall–Kier alpha value is -2.95. The maximum atomic E-state index is 14.3. The lowest BCUT2D eigenvalue weighted by molar-refractivity contribution is -0.122. The second kappa shape index (κ2) is 8.19. The summed E-state index contributed by atoms with van der Waals surface area (Å²) >= 11 is 0. The fraction of sp³-hybridized carbons (Fsp3) is 0.176. The van der Waals surface area contributed by atoms with Crippen molar-refractivity contribution in [1.82, 2.24) is 14.7 Å². The van der Waals surface area contributed by atoms with E-state index in [1.807, 2.05) is 0 Å². The monoisotopic (exact) mass is 438 g/mol. The summed E-state index contributed by atoms with van der Waals surface area (Å²) in [5.41, 5.74) is -0.575. The van der Waals surface area contributed by atoms with Crippen molar-refractivity contribution in [3.63, 3.8) is 0 Å². The molecule has 0 fully saturated rings. The number of nitrogens with one attached hydrogen (secondary N) is 2. The van der Waals surface area contributed by atoms with Crippen LogP contribution in [0.2, 0.25) is 0 Å². The first kappa shape index (κ1) is 22.3. The van der Waals surface area contributed by atoms with Crippen molar-refractivity contribution >= 4 is 29.8 Å². The van der Waals surface area contributed by atoms with Crippen molar-refractivity contribution in [2.75, 3.05) is 11.9 Å². The summed E-state index contributed by atoms with van der Waals surface area (Å²) < 4.78 is 79.6. The second-order valence-corrected chi connectivity index (χ2v) is 5.88. The first-order valence-electron chi connectivity index (χ1n) is 7.81. The maximum absolute atomic E-state index is 14.3. The van der Waals surface area contributed by atoms with E-state index in [4.69, 9.17) is 0 Å². The van der Waals surface area contributed by atoms with Gasteiger partial charge in [0.1, 0.15) is 17.9 Å². The van der Waals surface area contributed by atoms with Crippen LogP contribution in [0.25, 0.3) is 16.9 Å². The Kier molecular flexibility index (Phi) is 6.31.